The highest BCUT2D eigenvalue weighted by molar-refractivity contribution is 5.68. The molecule has 2 aromatic rings. The predicted molar refractivity (Wildman–Crippen MR) is 67.6 cm³/mol. The van der Waals surface area contributed by atoms with Crippen LogP contribution in [0.25, 0.3) is 11.3 Å². The van der Waals surface area contributed by atoms with Gasteiger partial charge in [-0.2, -0.15) is 0 Å². The minimum Gasteiger partial charge on any atom is -0.486 e. The minimum atomic E-state index is 0.411. The summed E-state index contributed by atoms with van der Waals surface area (Å²) >= 11 is 0. The molecule has 0 bridgehead atoms. The maximum atomic E-state index is 5.57. The first-order chi connectivity index (χ1) is 8.74. The normalized spacial score (nSPS) is 13.4. The fraction of sp³-hybridized carbons (Fsp3) is 0.231. The minimum absolute atomic E-state index is 0.411. The van der Waals surface area contributed by atoms with Gasteiger partial charge in [0.2, 0.25) is 0 Å². The molecule has 1 aromatic carbocycles. The molecule has 5 heteroatoms. The van der Waals surface area contributed by atoms with Crippen LogP contribution in [0, 0.1) is 6.92 Å². The van der Waals surface area contributed by atoms with E-state index in [1.807, 2.05) is 19.1 Å². The summed E-state index contributed by atoms with van der Waals surface area (Å²) in [6.45, 7) is 3.17. The van der Waals surface area contributed by atoms with E-state index in [9.17, 15) is 0 Å². The zero-order valence-corrected chi connectivity index (χ0v) is 10.0. The van der Waals surface area contributed by atoms with Gasteiger partial charge in [-0.25, -0.2) is 4.98 Å². The smallest absolute Gasteiger partial charge is 0.162 e. The van der Waals surface area contributed by atoms with Crippen LogP contribution in [0.3, 0.4) is 0 Å². The van der Waals surface area contributed by atoms with Crippen LogP contribution in [0.1, 0.15) is 5.56 Å². The Kier molecular flexibility index (Phi) is 2.51. The quantitative estimate of drug-likeness (QED) is 0.827. The van der Waals surface area contributed by atoms with Crippen LogP contribution in [-0.4, -0.2) is 23.2 Å². The van der Waals surface area contributed by atoms with Crippen molar-refractivity contribution in [3.8, 4) is 22.8 Å². The van der Waals surface area contributed by atoms with Crippen molar-refractivity contribution in [2.24, 2.45) is 0 Å². The maximum absolute atomic E-state index is 5.57. The molecule has 0 saturated heterocycles. The lowest BCUT2D eigenvalue weighted by molar-refractivity contribution is 0.171. The number of ether oxygens (including phenoxy) is 2. The molecule has 0 unspecified atom stereocenters. The van der Waals surface area contributed by atoms with E-state index in [2.05, 4.69) is 9.97 Å². The van der Waals surface area contributed by atoms with Gasteiger partial charge in [-0.1, -0.05) is 0 Å². The average Bonchev–Trinajstić information content (AvgIpc) is 2.39. The Morgan fingerprint density at radius 1 is 1.06 bits per heavy atom. The first kappa shape index (κ1) is 10.8. The Bertz CT molecular complexity index is 582. The Hall–Kier alpha value is -2.30. The Morgan fingerprint density at radius 2 is 1.78 bits per heavy atom. The lowest BCUT2D eigenvalue weighted by Crippen LogP contribution is -2.15. The van der Waals surface area contributed by atoms with Crippen molar-refractivity contribution in [2.45, 2.75) is 6.92 Å². The molecule has 18 heavy (non-hydrogen) atoms. The molecule has 0 spiro atoms. The van der Waals surface area contributed by atoms with E-state index in [4.69, 9.17) is 15.2 Å². The number of nitrogens with zero attached hydrogens (tertiary/aromatic N) is 2. The van der Waals surface area contributed by atoms with E-state index in [1.165, 1.54) is 0 Å². The highest BCUT2D eigenvalue weighted by Crippen LogP contribution is 2.36. The van der Waals surface area contributed by atoms with E-state index in [0.29, 0.717) is 19.0 Å². The molecule has 2 N–H and O–H groups in total. The van der Waals surface area contributed by atoms with Crippen molar-refractivity contribution in [2.75, 3.05) is 18.9 Å². The first-order valence-corrected chi connectivity index (χ1v) is 5.72. The van der Waals surface area contributed by atoms with E-state index in [0.717, 1.165) is 28.3 Å². The number of aromatic nitrogens is 2. The molecule has 92 valence electrons. The zero-order chi connectivity index (χ0) is 12.5. The largest absolute Gasteiger partial charge is 0.486 e. The molecule has 5 nitrogen and oxygen atoms in total. The fourth-order valence-electron chi connectivity index (χ4n) is 1.94. The molecule has 0 saturated carbocycles. The molecule has 0 fully saturated rings. The van der Waals surface area contributed by atoms with Crippen molar-refractivity contribution < 1.29 is 9.47 Å². The van der Waals surface area contributed by atoms with Crippen molar-refractivity contribution >= 4 is 5.82 Å². The second kappa shape index (κ2) is 4.18. The Labute approximate surface area is 105 Å². The highest BCUT2D eigenvalue weighted by atomic mass is 16.6. The number of aryl methyl sites for hydroxylation is 1. The molecule has 0 aliphatic carbocycles. The monoisotopic (exact) mass is 243 g/mol. The van der Waals surface area contributed by atoms with E-state index in [1.54, 1.807) is 12.4 Å². The SMILES string of the molecule is Cc1cc2c(cc1-c1cnc(N)cn1)OCCO2. The van der Waals surface area contributed by atoms with Gasteiger partial charge in [0, 0.05) is 5.56 Å². The summed E-state index contributed by atoms with van der Waals surface area (Å²) < 4.78 is 11.1. The third-order valence-electron chi connectivity index (χ3n) is 2.84. The van der Waals surface area contributed by atoms with Crippen LogP contribution < -0.4 is 15.2 Å². The lowest BCUT2D eigenvalue weighted by atomic mass is 10.0. The molecule has 0 amide bonds. The van der Waals surface area contributed by atoms with Crippen LogP contribution in [0.15, 0.2) is 24.5 Å². The number of hydrogen-bond donors (Lipinski definition) is 1. The summed E-state index contributed by atoms with van der Waals surface area (Å²) in [5, 5.41) is 0. The Balaban J connectivity index is 2.09. The summed E-state index contributed by atoms with van der Waals surface area (Å²) in [4.78, 5) is 8.33. The third-order valence-corrected chi connectivity index (χ3v) is 2.84. The molecular formula is C13H13N3O2. The van der Waals surface area contributed by atoms with Gasteiger partial charge in [0.25, 0.3) is 0 Å². The number of nitrogens with two attached hydrogens (primary N) is 1. The molecule has 1 aliphatic rings. The van der Waals surface area contributed by atoms with Gasteiger partial charge >= 0.3 is 0 Å². The van der Waals surface area contributed by atoms with Gasteiger partial charge in [0.1, 0.15) is 19.0 Å². The van der Waals surface area contributed by atoms with Gasteiger partial charge in [-0.05, 0) is 24.6 Å². The van der Waals surface area contributed by atoms with Gasteiger partial charge < -0.3 is 15.2 Å². The predicted octanol–water partition coefficient (Wildman–Crippen LogP) is 1.81. The summed E-state index contributed by atoms with van der Waals surface area (Å²) in [6, 6.07) is 3.89. The summed E-state index contributed by atoms with van der Waals surface area (Å²) in [5.41, 5.74) is 8.36. The summed E-state index contributed by atoms with van der Waals surface area (Å²) in [5.74, 6) is 1.94. The van der Waals surface area contributed by atoms with Crippen LogP contribution in [-0.2, 0) is 0 Å². The summed E-state index contributed by atoms with van der Waals surface area (Å²) in [7, 11) is 0. The van der Waals surface area contributed by atoms with Gasteiger partial charge in [0.05, 0.1) is 18.1 Å². The summed E-state index contributed by atoms with van der Waals surface area (Å²) in [6.07, 6.45) is 3.21. The van der Waals surface area contributed by atoms with Crippen molar-refractivity contribution in [1.82, 2.24) is 9.97 Å². The molecule has 3 rings (SSSR count). The van der Waals surface area contributed by atoms with Crippen molar-refractivity contribution in [3.05, 3.63) is 30.1 Å². The molecule has 2 heterocycles. The number of fused-ring (bicyclic) bond motifs is 1. The second-order valence-corrected chi connectivity index (χ2v) is 4.14. The standard InChI is InChI=1S/C13H13N3O2/c1-8-4-11-12(18-3-2-17-11)5-9(8)10-6-16-13(14)7-15-10/h4-7H,2-3H2,1H3,(H2,14,16). The van der Waals surface area contributed by atoms with Crippen LogP contribution in [0.5, 0.6) is 11.5 Å². The molecule has 1 aromatic heterocycles. The van der Waals surface area contributed by atoms with Crippen molar-refractivity contribution in [3.63, 3.8) is 0 Å². The van der Waals surface area contributed by atoms with Crippen molar-refractivity contribution in [1.29, 1.82) is 0 Å². The lowest BCUT2D eigenvalue weighted by Gasteiger charge is -2.20. The number of benzene rings is 1. The molecule has 1 aliphatic heterocycles. The van der Waals surface area contributed by atoms with Gasteiger partial charge in [-0.3, -0.25) is 4.98 Å². The van der Waals surface area contributed by atoms with E-state index < -0.39 is 0 Å². The molecule has 0 radical (unpaired) electrons. The van der Waals surface area contributed by atoms with E-state index in [-0.39, 0.29) is 0 Å². The third kappa shape index (κ3) is 1.84. The maximum Gasteiger partial charge on any atom is 0.162 e. The number of anilines is 1. The van der Waals surface area contributed by atoms with Crippen LogP contribution in [0.4, 0.5) is 5.82 Å². The molecular weight excluding hydrogens is 230 g/mol. The highest BCUT2D eigenvalue weighted by Gasteiger charge is 2.15. The van der Waals surface area contributed by atoms with E-state index >= 15 is 0 Å². The zero-order valence-electron chi connectivity index (χ0n) is 10.0. The van der Waals surface area contributed by atoms with Crippen LogP contribution >= 0.6 is 0 Å². The number of hydrogen-bond acceptors (Lipinski definition) is 5. The Morgan fingerprint density at radius 3 is 2.44 bits per heavy atom. The fourth-order valence-corrected chi connectivity index (χ4v) is 1.94. The molecule has 0 atom stereocenters. The van der Waals surface area contributed by atoms with Gasteiger partial charge in [-0.15, -0.1) is 0 Å². The number of nitrogen functional groups attached to an aromatic ring is 1. The topological polar surface area (TPSA) is 70.3 Å². The van der Waals surface area contributed by atoms with Crippen LogP contribution in [0.2, 0.25) is 0 Å². The first-order valence-electron chi connectivity index (χ1n) is 5.72. The van der Waals surface area contributed by atoms with Gasteiger partial charge in [0.15, 0.2) is 11.5 Å². The second-order valence-electron chi connectivity index (χ2n) is 4.14. The number of rotatable bonds is 1. The average molecular weight is 243 g/mol.